The molecule has 0 saturated carbocycles. The predicted molar refractivity (Wildman–Crippen MR) is 107 cm³/mol. The zero-order valence-corrected chi connectivity index (χ0v) is 16.0. The zero-order chi connectivity index (χ0) is 18.2. The average molecular weight is 374 g/mol. The van der Waals surface area contributed by atoms with E-state index < -0.39 is 0 Å². The molecule has 0 radical (unpaired) electrons. The van der Waals surface area contributed by atoms with Crippen molar-refractivity contribution < 1.29 is 9.84 Å². The molecule has 3 rings (SSSR count). The molecule has 0 bridgehead atoms. The summed E-state index contributed by atoms with van der Waals surface area (Å²) in [6, 6.07) is 15.3. The largest absolute Gasteiger partial charge is 0.457 e. The first-order valence-corrected chi connectivity index (χ1v) is 9.99. The summed E-state index contributed by atoms with van der Waals surface area (Å²) in [7, 11) is 0. The van der Waals surface area contributed by atoms with Crippen LogP contribution in [0, 0.1) is 0 Å². The van der Waals surface area contributed by atoms with E-state index in [0.717, 1.165) is 30.0 Å². The van der Waals surface area contributed by atoms with Gasteiger partial charge in [-0.2, -0.15) is 0 Å². The number of benzene rings is 2. The van der Waals surface area contributed by atoms with Crippen molar-refractivity contribution in [2.45, 2.75) is 44.6 Å². The van der Waals surface area contributed by atoms with Crippen LogP contribution in [0.25, 0.3) is 0 Å². The van der Waals surface area contributed by atoms with E-state index in [2.05, 4.69) is 4.90 Å². The Bertz CT molecular complexity index is 649. The van der Waals surface area contributed by atoms with Crippen LogP contribution in [0.3, 0.4) is 0 Å². The predicted octanol–water partition coefficient (Wildman–Crippen LogP) is 5.30. The van der Waals surface area contributed by atoms with Crippen molar-refractivity contribution in [3.8, 4) is 11.5 Å². The van der Waals surface area contributed by atoms with Crippen LogP contribution in [0.4, 0.5) is 0 Å². The Morgan fingerprint density at radius 1 is 0.885 bits per heavy atom. The minimum Gasteiger partial charge on any atom is -0.457 e. The summed E-state index contributed by atoms with van der Waals surface area (Å²) < 4.78 is 5.80. The number of likely N-dealkylation sites (tertiary alicyclic amines) is 1. The van der Waals surface area contributed by atoms with E-state index in [4.69, 9.17) is 16.3 Å². The normalized spacial score (nSPS) is 16.8. The Kier molecular flexibility index (Phi) is 7.36. The topological polar surface area (TPSA) is 32.7 Å². The van der Waals surface area contributed by atoms with Crippen molar-refractivity contribution in [2.75, 3.05) is 19.6 Å². The molecular formula is C22H28ClNO2. The highest BCUT2D eigenvalue weighted by Gasteiger charge is 2.12. The van der Waals surface area contributed by atoms with Crippen molar-refractivity contribution in [1.29, 1.82) is 0 Å². The number of ether oxygens (including phenoxy) is 1. The fourth-order valence-electron chi connectivity index (χ4n) is 3.40. The fraction of sp³-hybridized carbons (Fsp3) is 0.455. The molecule has 0 aliphatic carbocycles. The molecule has 2 aromatic rings. The summed E-state index contributed by atoms with van der Waals surface area (Å²) in [5, 5.41) is 11.1. The highest BCUT2D eigenvalue weighted by molar-refractivity contribution is 6.30. The average Bonchev–Trinajstić information content (AvgIpc) is 2.92. The quantitative estimate of drug-likeness (QED) is 0.714. The van der Waals surface area contributed by atoms with Gasteiger partial charge in [0.25, 0.3) is 0 Å². The Hall–Kier alpha value is -1.55. The Balaban J connectivity index is 1.44. The zero-order valence-electron chi connectivity index (χ0n) is 15.2. The third kappa shape index (κ3) is 6.31. The van der Waals surface area contributed by atoms with Crippen molar-refractivity contribution in [1.82, 2.24) is 4.90 Å². The summed E-state index contributed by atoms with van der Waals surface area (Å²) in [4.78, 5) is 2.50. The number of rotatable bonds is 7. The Morgan fingerprint density at radius 2 is 1.46 bits per heavy atom. The Labute approximate surface area is 161 Å². The van der Waals surface area contributed by atoms with E-state index in [-0.39, 0.29) is 6.10 Å². The maximum atomic E-state index is 10.4. The van der Waals surface area contributed by atoms with Gasteiger partial charge in [-0.05, 0) is 80.7 Å². The number of nitrogens with zero attached hydrogens (tertiary/aromatic N) is 1. The van der Waals surface area contributed by atoms with E-state index in [1.807, 2.05) is 48.5 Å². The minimum atomic E-state index is -0.290. The van der Waals surface area contributed by atoms with E-state index in [1.165, 1.54) is 38.8 Å². The second-order valence-corrected chi connectivity index (χ2v) is 7.54. The van der Waals surface area contributed by atoms with Gasteiger partial charge >= 0.3 is 0 Å². The molecule has 1 atom stereocenters. The minimum absolute atomic E-state index is 0.290. The molecule has 1 unspecified atom stereocenters. The number of aliphatic hydroxyl groups excluding tert-OH is 1. The summed E-state index contributed by atoms with van der Waals surface area (Å²) >= 11 is 5.88. The molecule has 0 spiro atoms. The lowest BCUT2D eigenvalue weighted by molar-refractivity contribution is 0.141. The molecule has 1 aliphatic heterocycles. The first-order chi connectivity index (χ1) is 12.7. The van der Waals surface area contributed by atoms with Gasteiger partial charge < -0.3 is 14.7 Å². The molecule has 3 nitrogen and oxygen atoms in total. The van der Waals surface area contributed by atoms with Crippen LogP contribution < -0.4 is 4.74 Å². The SMILES string of the molecule is OC(CCN1CCCCCC1)Cc1ccc(Oc2ccc(Cl)cc2)cc1. The maximum Gasteiger partial charge on any atom is 0.127 e. The maximum absolute atomic E-state index is 10.4. The monoisotopic (exact) mass is 373 g/mol. The number of aliphatic hydroxyl groups is 1. The van der Waals surface area contributed by atoms with Crippen LogP contribution in [0.2, 0.25) is 5.02 Å². The summed E-state index contributed by atoms with van der Waals surface area (Å²) in [6.45, 7) is 3.37. The van der Waals surface area contributed by atoms with Gasteiger partial charge in [0.05, 0.1) is 6.10 Å². The molecule has 1 heterocycles. The number of hydrogen-bond donors (Lipinski definition) is 1. The first-order valence-electron chi connectivity index (χ1n) is 9.62. The highest BCUT2D eigenvalue weighted by Crippen LogP contribution is 2.23. The van der Waals surface area contributed by atoms with Crippen LogP contribution in [0.1, 0.15) is 37.7 Å². The van der Waals surface area contributed by atoms with Gasteiger partial charge in [0.1, 0.15) is 11.5 Å². The van der Waals surface area contributed by atoms with Crippen LogP contribution >= 0.6 is 11.6 Å². The highest BCUT2D eigenvalue weighted by atomic mass is 35.5. The van der Waals surface area contributed by atoms with Crippen LogP contribution in [0.5, 0.6) is 11.5 Å². The molecule has 1 N–H and O–H groups in total. The van der Waals surface area contributed by atoms with Gasteiger partial charge in [-0.15, -0.1) is 0 Å². The molecule has 0 amide bonds. The molecular weight excluding hydrogens is 346 g/mol. The molecule has 26 heavy (non-hydrogen) atoms. The summed E-state index contributed by atoms with van der Waals surface area (Å²) in [5.74, 6) is 1.55. The number of hydrogen-bond acceptors (Lipinski definition) is 3. The molecule has 4 heteroatoms. The molecule has 140 valence electrons. The van der Waals surface area contributed by atoms with Crippen LogP contribution in [0.15, 0.2) is 48.5 Å². The van der Waals surface area contributed by atoms with E-state index in [1.54, 1.807) is 0 Å². The van der Waals surface area contributed by atoms with Gasteiger partial charge in [-0.1, -0.05) is 36.6 Å². The fourth-order valence-corrected chi connectivity index (χ4v) is 3.52. The second-order valence-electron chi connectivity index (χ2n) is 7.10. The molecule has 2 aromatic carbocycles. The lowest BCUT2D eigenvalue weighted by Crippen LogP contribution is -2.28. The molecule has 0 aromatic heterocycles. The van der Waals surface area contributed by atoms with Crippen molar-refractivity contribution in [2.24, 2.45) is 0 Å². The van der Waals surface area contributed by atoms with Crippen molar-refractivity contribution in [3.05, 3.63) is 59.1 Å². The van der Waals surface area contributed by atoms with Gasteiger partial charge in [0.2, 0.25) is 0 Å². The van der Waals surface area contributed by atoms with Gasteiger partial charge in [-0.25, -0.2) is 0 Å². The van der Waals surface area contributed by atoms with Gasteiger partial charge in [-0.3, -0.25) is 0 Å². The summed E-state index contributed by atoms with van der Waals surface area (Å²) in [6.07, 6.45) is 6.53. The third-order valence-corrected chi connectivity index (χ3v) is 5.17. The molecule has 1 aliphatic rings. The van der Waals surface area contributed by atoms with E-state index in [9.17, 15) is 5.11 Å². The van der Waals surface area contributed by atoms with Crippen molar-refractivity contribution in [3.63, 3.8) is 0 Å². The van der Waals surface area contributed by atoms with Crippen molar-refractivity contribution >= 4 is 11.6 Å². The lowest BCUT2D eigenvalue weighted by atomic mass is 10.1. The standard InChI is InChI=1S/C22H28ClNO2/c23-19-7-11-22(12-8-19)26-21-9-5-18(6-10-21)17-20(25)13-16-24-14-3-1-2-4-15-24/h5-12,20,25H,1-4,13-17H2. The van der Waals surface area contributed by atoms with E-state index in [0.29, 0.717) is 11.4 Å². The van der Waals surface area contributed by atoms with Crippen LogP contribution in [-0.2, 0) is 6.42 Å². The van der Waals surface area contributed by atoms with Gasteiger partial charge in [0, 0.05) is 11.6 Å². The lowest BCUT2D eigenvalue weighted by Gasteiger charge is -2.21. The van der Waals surface area contributed by atoms with Crippen LogP contribution in [-0.4, -0.2) is 35.7 Å². The number of halogens is 1. The molecule has 1 fully saturated rings. The smallest absolute Gasteiger partial charge is 0.127 e. The Morgan fingerprint density at radius 3 is 2.08 bits per heavy atom. The summed E-state index contributed by atoms with van der Waals surface area (Å²) in [5.41, 5.74) is 1.14. The van der Waals surface area contributed by atoms with E-state index >= 15 is 0 Å². The third-order valence-electron chi connectivity index (χ3n) is 4.92. The van der Waals surface area contributed by atoms with Gasteiger partial charge in [0.15, 0.2) is 0 Å². The second kappa shape index (κ2) is 9.96. The molecule has 1 saturated heterocycles. The first kappa shape index (κ1) is 19.2.